The van der Waals surface area contributed by atoms with Crippen LogP contribution in [0.15, 0.2) is 0 Å². The van der Waals surface area contributed by atoms with E-state index in [0.29, 0.717) is 12.8 Å². The molecule has 0 bridgehead atoms. The van der Waals surface area contributed by atoms with Crippen LogP contribution in [0, 0.1) is 0 Å². The van der Waals surface area contributed by atoms with Crippen LogP contribution in [-0.2, 0) is 4.57 Å². The summed E-state index contributed by atoms with van der Waals surface area (Å²) in [5, 5.41) is 0. The molecule has 0 radical (unpaired) electrons. The summed E-state index contributed by atoms with van der Waals surface area (Å²) >= 11 is 0. The zero-order valence-corrected chi connectivity index (χ0v) is 18.1. The minimum Gasteiger partial charge on any atom is -0.324 e. The summed E-state index contributed by atoms with van der Waals surface area (Å²) in [4.78, 5) is 17.5. The van der Waals surface area contributed by atoms with Gasteiger partial charge < -0.3 is 9.79 Å². The Kier molecular flexibility index (Phi) is 13.8. The van der Waals surface area contributed by atoms with Crippen LogP contribution in [0.2, 0.25) is 0 Å². The molecule has 30 heavy (non-hydrogen) atoms. The Morgan fingerprint density at radius 3 is 1.13 bits per heavy atom. The first-order valence-electron chi connectivity index (χ1n) is 10.6. The minimum atomic E-state index is -6.25. The topological polar surface area (TPSA) is 57.5 Å². The van der Waals surface area contributed by atoms with E-state index in [1.54, 1.807) is 0 Å². The predicted octanol–water partition coefficient (Wildman–Crippen LogP) is 7.85. The van der Waals surface area contributed by atoms with Crippen LogP contribution in [-0.4, -0.2) is 34.0 Å². The van der Waals surface area contributed by atoms with Crippen LogP contribution in [0.3, 0.4) is 0 Å². The van der Waals surface area contributed by atoms with Crippen molar-refractivity contribution in [2.75, 3.05) is 6.16 Å². The molecule has 0 atom stereocenters. The molecule has 0 aromatic heterocycles. The number of hydrogen-bond donors (Lipinski definition) is 2. The maximum absolute atomic E-state index is 13.1. The Hall–Kier alpha value is -0.340. The van der Waals surface area contributed by atoms with Crippen molar-refractivity contribution in [3.8, 4) is 0 Å². The number of unbranched alkanes of at least 4 members (excludes halogenated alkanes) is 13. The Morgan fingerprint density at radius 2 is 0.833 bits per heavy atom. The Labute approximate surface area is 174 Å². The summed E-state index contributed by atoms with van der Waals surface area (Å²) < 4.78 is 98.4. The molecule has 0 saturated heterocycles. The highest BCUT2D eigenvalue weighted by atomic mass is 31.2. The average molecular weight is 474 g/mol. The summed E-state index contributed by atoms with van der Waals surface area (Å²) in [6.07, 6.45) is 2.69. The fourth-order valence-corrected chi connectivity index (χ4v) is 3.79. The summed E-state index contributed by atoms with van der Waals surface area (Å²) in [6.45, 7) is 0. The SMILES string of the molecule is O=P(O)(O)CCCCCCCCCCCCCCCCC(F)(F)C(F)(F)C(F)(F)F. The van der Waals surface area contributed by atoms with Crippen molar-refractivity contribution in [1.29, 1.82) is 0 Å². The molecule has 0 aromatic rings. The minimum absolute atomic E-state index is 0.0601. The van der Waals surface area contributed by atoms with Gasteiger partial charge in [0.1, 0.15) is 0 Å². The first-order chi connectivity index (χ1) is 13.7. The van der Waals surface area contributed by atoms with Gasteiger partial charge in [-0.25, -0.2) is 0 Å². The number of rotatable bonds is 18. The van der Waals surface area contributed by atoms with E-state index in [1.165, 1.54) is 0 Å². The average Bonchev–Trinajstić information content (AvgIpc) is 2.59. The summed E-state index contributed by atoms with van der Waals surface area (Å²) in [6, 6.07) is 0. The number of hydrogen-bond acceptors (Lipinski definition) is 1. The van der Waals surface area contributed by atoms with E-state index in [2.05, 4.69) is 0 Å². The summed E-state index contributed by atoms with van der Waals surface area (Å²) in [7, 11) is -3.88. The standard InChI is InChI=1S/C19H34F7O3P/c20-17(21,18(22,23)19(24,25)26)15-13-11-9-7-5-3-1-2-4-6-8-10-12-14-16-30(27,28)29/h1-16H2,(H2,27,28,29). The molecule has 2 N–H and O–H groups in total. The maximum Gasteiger partial charge on any atom is 0.459 e. The smallest absolute Gasteiger partial charge is 0.324 e. The highest BCUT2D eigenvalue weighted by molar-refractivity contribution is 7.51. The maximum atomic E-state index is 13.1. The van der Waals surface area contributed by atoms with Crippen LogP contribution < -0.4 is 0 Å². The molecule has 0 spiro atoms. The van der Waals surface area contributed by atoms with Gasteiger partial charge in [-0.2, -0.15) is 30.7 Å². The van der Waals surface area contributed by atoms with E-state index in [0.717, 1.165) is 64.2 Å². The van der Waals surface area contributed by atoms with Crippen LogP contribution in [0.25, 0.3) is 0 Å². The molecule has 0 aliphatic heterocycles. The van der Waals surface area contributed by atoms with Gasteiger partial charge in [-0.3, -0.25) is 4.57 Å². The van der Waals surface area contributed by atoms with E-state index in [-0.39, 0.29) is 19.0 Å². The van der Waals surface area contributed by atoms with Crippen molar-refractivity contribution in [3.05, 3.63) is 0 Å². The summed E-state index contributed by atoms with van der Waals surface area (Å²) in [5.74, 6) is -11.1. The lowest BCUT2D eigenvalue weighted by Gasteiger charge is -2.28. The molecule has 0 rings (SSSR count). The first-order valence-corrected chi connectivity index (χ1v) is 12.4. The molecule has 0 aliphatic carbocycles. The fraction of sp³-hybridized carbons (Fsp3) is 1.00. The van der Waals surface area contributed by atoms with Crippen LogP contribution >= 0.6 is 7.60 Å². The molecule has 0 saturated carbocycles. The van der Waals surface area contributed by atoms with Gasteiger partial charge in [0.05, 0.1) is 0 Å². The predicted molar refractivity (Wildman–Crippen MR) is 102 cm³/mol. The highest BCUT2D eigenvalue weighted by Crippen LogP contribution is 2.48. The normalized spacial score (nSPS) is 13.8. The molecule has 0 aromatic carbocycles. The molecule has 0 aliphatic rings. The van der Waals surface area contributed by atoms with Gasteiger partial charge in [0.2, 0.25) is 0 Å². The lowest BCUT2D eigenvalue weighted by atomic mass is 10.0. The van der Waals surface area contributed by atoms with Gasteiger partial charge >= 0.3 is 25.6 Å². The molecule has 0 unspecified atom stereocenters. The zero-order chi connectivity index (χ0) is 23.3. The van der Waals surface area contributed by atoms with Crippen molar-refractivity contribution in [2.24, 2.45) is 0 Å². The van der Waals surface area contributed by atoms with Gasteiger partial charge in [-0.1, -0.05) is 77.0 Å². The molecular formula is C19H34F7O3P. The highest BCUT2D eigenvalue weighted by Gasteiger charge is 2.72. The monoisotopic (exact) mass is 474 g/mol. The van der Waals surface area contributed by atoms with Crippen LogP contribution in [0.4, 0.5) is 30.7 Å². The van der Waals surface area contributed by atoms with Crippen LogP contribution in [0.5, 0.6) is 0 Å². The van der Waals surface area contributed by atoms with Crippen molar-refractivity contribution < 1.29 is 45.1 Å². The largest absolute Gasteiger partial charge is 0.459 e. The van der Waals surface area contributed by atoms with E-state index in [9.17, 15) is 35.3 Å². The number of alkyl halides is 7. The van der Waals surface area contributed by atoms with Gasteiger partial charge in [0, 0.05) is 12.6 Å². The Morgan fingerprint density at radius 1 is 0.533 bits per heavy atom. The molecule has 182 valence electrons. The van der Waals surface area contributed by atoms with Crippen molar-refractivity contribution >= 4 is 7.60 Å². The van der Waals surface area contributed by atoms with E-state index < -0.39 is 32.0 Å². The third kappa shape index (κ3) is 13.2. The van der Waals surface area contributed by atoms with E-state index in [4.69, 9.17) is 9.79 Å². The Balaban J connectivity index is 3.50. The fourth-order valence-electron chi connectivity index (χ4n) is 3.15. The van der Waals surface area contributed by atoms with Gasteiger partial charge in [0.15, 0.2) is 0 Å². The second-order valence-corrected chi connectivity index (χ2v) is 9.64. The molecule has 0 amide bonds. The lowest BCUT2D eigenvalue weighted by molar-refractivity contribution is -0.355. The first kappa shape index (κ1) is 29.7. The second-order valence-electron chi connectivity index (χ2n) is 7.86. The van der Waals surface area contributed by atoms with Gasteiger partial charge in [-0.15, -0.1) is 0 Å². The molecular weight excluding hydrogens is 440 g/mol. The van der Waals surface area contributed by atoms with Crippen LogP contribution in [0.1, 0.15) is 96.3 Å². The molecule has 0 fully saturated rings. The Bertz CT molecular complexity index is 493. The molecule has 3 nitrogen and oxygen atoms in total. The zero-order valence-electron chi connectivity index (χ0n) is 17.2. The summed E-state index contributed by atoms with van der Waals surface area (Å²) in [5.41, 5.74) is 0. The third-order valence-electron chi connectivity index (χ3n) is 5.01. The van der Waals surface area contributed by atoms with E-state index >= 15 is 0 Å². The number of halogens is 7. The second kappa shape index (κ2) is 13.9. The lowest BCUT2D eigenvalue weighted by Crippen LogP contribution is -2.51. The quantitative estimate of drug-likeness (QED) is 0.121. The van der Waals surface area contributed by atoms with Crippen molar-refractivity contribution in [2.45, 2.75) is 114 Å². The van der Waals surface area contributed by atoms with E-state index in [1.807, 2.05) is 0 Å². The van der Waals surface area contributed by atoms with Gasteiger partial charge in [0.25, 0.3) is 0 Å². The van der Waals surface area contributed by atoms with Crippen molar-refractivity contribution in [3.63, 3.8) is 0 Å². The van der Waals surface area contributed by atoms with Crippen molar-refractivity contribution in [1.82, 2.24) is 0 Å². The van der Waals surface area contributed by atoms with Gasteiger partial charge in [-0.05, 0) is 12.8 Å². The molecule has 11 heteroatoms. The third-order valence-corrected chi connectivity index (χ3v) is 5.90. The molecule has 0 heterocycles.